The quantitative estimate of drug-likeness (QED) is 0.438. The topological polar surface area (TPSA) is 66.9 Å². The van der Waals surface area contributed by atoms with Crippen LogP contribution in [-0.4, -0.2) is 28.8 Å². The molecule has 9 heteroatoms. The highest BCUT2D eigenvalue weighted by Gasteiger charge is 2.31. The molecule has 1 amide bonds. The monoisotopic (exact) mass is 433 g/mol. The van der Waals surface area contributed by atoms with E-state index in [1.165, 1.54) is 16.8 Å². The number of hydrogen-bond acceptors (Lipinski definition) is 2. The van der Waals surface area contributed by atoms with E-state index >= 15 is 0 Å². The second kappa shape index (κ2) is 6.77. The molecule has 4 rings (SSSR count). The maximum atomic E-state index is 13.0. The fourth-order valence-electron chi connectivity index (χ4n) is 3.48. The van der Waals surface area contributed by atoms with Crippen LogP contribution >= 0.6 is 7.14 Å². The first-order chi connectivity index (χ1) is 13.9. The number of benzene rings is 2. The molecule has 0 saturated heterocycles. The fraction of sp³-hybridized carbons (Fsp3) is 0.190. The van der Waals surface area contributed by atoms with Crippen molar-refractivity contribution in [3.05, 3.63) is 59.9 Å². The lowest BCUT2D eigenvalue weighted by Crippen LogP contribution is -2.11. The van der Waals surface area contributed by atoms with Gasteiger partial charge >= 0.3 is 6.18 Å². The Morgan fingerprint density at radius 1 is 1.10 bits per heavy atom. The van der Waals surface area contributed by atoms with Gasteiger partial charge in [-0.05, 0) is 43.7 Å². The molecule has 156 valence electrons. The lowest BCUT2D eigenvalue weighted by Gasteiger charge is -2.08. The molecule has 0 spiro atoms. The van der Waals surface area contributed by atoms with Gasteiger partial charge in [0.2, 0.25) is 0 Å². The van der Waals surface area contributed by atoms with Crippen molar-refractivity contribution in [1.29, 1.82) is 0 Å². The SMILES string of the molecule is Cn1cc(C(=O)Nc2c[nH]c3ccc(P(C)(C)=O)cc23)c2ccc(C(F)(F)F)cc21. The van der Waals surface area contributed by atoms with Crippen LogP contribution in [-0.2, 0) is 17.8 Å². The zero-order valence-corrected chi connectivity index (χ0v) is 17.4. The molecule has 2 N–H and O–H groups in total. The molecule has 0 bridgehead atoms. The Labute approximate surface area is 170 Å². The number of aromatic amines is 1. The molecule has 0 atom stereocenters. The largest absolute Gasteiger partial charge is 0.416 e. The first-order valence-electron chi connectivity index (χ1n) is 9.09. The van der Waals surface area contributed by atoms with Crippen molar-refractivity contribution in [2.45, 2.75) is 6.18 Å². The smallest absolute Gasteiger partial charge is 0.359 e. The predicted molar refractivity (Wildman–Crippen MR) is 113 cm³/mol. The second-order valence-electron chi connectivity index (χ2n) is 7.62. The lowest BCUT2D eigenvalue weighted by molar-refractivity contribution is -0.137. The Kier molecular flexibility index (Phi) is 4.58. The number of halogens is 3. The summed E-state index contributed by atoms with van der Waals surface area (Å²) in [6, 6.07) is 8.68. The number of nitrogens with one attached hydrogen (secondary N) is 2. The molecule has 0 unspecified atom stereocenters. The summed E-state index contributed by atoms with van der Waals surface area (Å²) in [6.45, 7) is 3.34. The van der Waals surface area contributed by atoms with Crippen molar-refractivity contribution in [3.8, 4) is 0 Å². The zero-order valence-electron chi connectivity index (χ0n) is 16.5. The number of carbonyl (C=O) groups is 1. The van der Waals surface area contributed by atoms with Crippen LogP contribution in [0.5, 0.6) is 0 Å². The summed E-state index contributed by atoms with van der Waals surface area (Å²) in [5.74, 6) is -0.442. The van der Waals surface area contributed by atoms with E-state index < -0.39 is 24.8 Å². The van der Waals surface area contributed by atoms with Crippen LogP contribution in [0.2, 0.25) is 0 Å². The Hall–Kier alpha value is -2.99. The van der Waals surface area contributed by atoms with Gasteiger partial charge in [0.25, 0.3) is 5.91 Å². The molecule has 0 aliphatic rings. The molecule has 5 nitrogen and oxygen atoms in total. The molecule has 0 radical (unpaired) electrons. The molecule has 2 heterocycles. The van der Waals surface area contributed by atoms with E-state index in [0.717, 1.165) is 17.6 Å². The first kappa shape index (κ1) is 20.3. The molecule has 4 aromatic rings. The first-order valence-corrected chi connectivity index (χ1v) is 11.7. The highest BCUT2D eigenvalue weighted by molar-refractivity contribution is 7.70. The molecular weight excluding hydrogens is 414 g/mol. The van der Waals surface area contributed by atoms with Crippen molar-refractivity contribution in [1.82, 2.24) is 9.55 Å². The van der Waals surface area contributed by atoms with Gasteiger partial charge in [0, 0.05) is 46.6 Å². The van der Waals surface area contributed by atoms with Crippen molar-refractivity contribution < 1.29 is 22.5 Å². The van der Waals surface area contributed by atoms with Gasteiger partial charge in [-0.3, -0.25) is 4.79 Å². The Bertz CT molecular complexity index is 1350. The van der Waals surface area contributed by atoms with E-state index in [1.54, 1.807) is 44.8 Å². The number of aromatic nitrogens is 2. The summed E-state index contributed by atoms with van der Waals surface area (Å²) >= 11 is 0. The Morgan fingerprint density at radius 2 is 1.83 bits per heavy atom. The fourth-order valence-corrected chi connectivity index (χ4v) is 4.35. The molecular formula is C21H19F3N3O2P. The van der Waals surface area contributed by atoms with Crippen LogP contribution < -0.4 is 10.6 Å². The molecule has 0 aliphatic heterocycles. The average Bonchev–Trinajstić information content (AvgIpc) is 3.21. The average molecular weight is 433 g/mol. The van der Waals surface area contributed by atoms with Crippen molar-refractivity contribution >= 4 is 45.8 Å². The summed E-state index contributed by atoms with van der Waals surface area (Å²) in [6.07, 6.45) is -1.32. The normalized spacial score (nSPS) is 12.6. The number of fused-ring (bicyclic) bond motifs is 2. The van der Waals surface area contributed by atoms with Crippen LogP contribution in [0.4, 0.5) is 18.9 Å². The van der Waals surface area contributed by atoms with Crippen LogP contribution in [0.3, 0.4) is 0 Å². The predicted octanol–water partition coefficient (Wildman–Crippen LogP) is 5.18. The summed E-state index contributed by atoms with van der Waals surface area (Å²) in [4.78, 5) is 16.0. The molecule has 2 aromatic heterocycles. The minimum atomic E-state index is -4.46. The summed E-state index contributed by atoms with van der Waals surface area (Å²) in [7, 11) is -0.885. The number of anilines is 1. The molecule has 2 aromatic carbocycles. The van der Waals surface area contributed by atoms with Crippen molar-refractivity contribution in [2.75, 3.05) is 18.6 Å². The summed E-state index contributed by atoms with van der Waals surface area (Å²) < 4.78 is 53.0. The highest BCUT2D eigenvalue weighted by Crippen LogP contribution is 2.37. The van der Waals surface area contributed by atoms with Gasteiger partial charge in [-0.25, -0.2) is 0 Å². The lowest BCUT2D eigenvalue weighted by atomic mass is 10.1. The van der Waals surface area contributed by atoms with E-state index in [4.69, 9.17) is 0 Å². The number of alkyl halides is 3. The van der Waals surface area contributed by atoms with E-state index in [9.17, 15) is 22.5 Å². The van der Waals surface area contributed by atoms with Gasteiger partial charge in [-0.1, -0.05) is 6.07 Å². The minimum Gasteiger partial charge on any atom is -0.359 e. The van der Waals surface area contributed by atoms with Crippen LogP contribution in [0.25, 0.3) is 21.8 Å². The Balaban J connectivity index is 1.73. The number of rotatable bonds is 3. The van der Waals surface area contributed by atoms with Gasteiger partial charge in [-0.15, -0.1) is 0 Å². The standard InChI is InChI=1S/C21H19F3N3O2P/c1-27-11-16(14-6-4-12(8-19(14)27)21(22,23)24)20(28)26-18-10-25-17-7-5-13(9-15(17)18)30(2,3)29/h4-11,25H,1-3H3,(H,26,28). The van der Waals surface area contributed by atoms with Crippen LogP contribution in [0.15, 0.2) is 48.8 Å². The van der Waals surface area contributed by atoms with E-state index in [0.29, 0.717) is 27.3 Å². The zero-order chi connectivity index (χ0) is 21.8. The number of nitrogens with zero attached hydrogens (tertiary/aromatic N) is 1. The number of H-pyrrole nitrogens is 1. The van der Waals surface area contributed by atoms with Crippen molar-refractivity contribution in [3.63, 3.8) is 0 Å². The number of hydrogen-bond donors (Lipinski definition) is 2. The molecule has 0 saturated carbocycles. The molecule has 0 fully saturated rings. The Morgan fingerprint density at radius 3 is 2.50 bits per heavy atom. The summed E-state index contributed by atoms with van der Waals surface area (Å²) in [5.41, 5.74) is 1.10. The number of aryl methyl sites for hydroxylation is 1. The van der Waals surface area contributed by atoms with Crippen molar-refractivity contribution in [2.24, 2.45) is 7.05 Å². The molecule has 30 heavy (non-hydrogen) atoms. The van der Waals surface area contributed by atoms with Gasteiger partial charge in [-0.2, -0.15) is 13.2 Å². The minimum absolute atomic E-state index is 0.267. The highest BCUT2D eigenvalue weighted by atomic mass is 31.2. The third kappa shape index (κ3) is 3.52. The third-order valence-electron chi connectivity index (χ3n) is 5.10. The van der Waals surface area contributed by atoms with Crippen LogP contribution in [0, 0.1) is 0 Å². The number of amides is 1. The van der Waals surface area contributed by atoms with Gasteiger partial charge in [0.1, 0.15) is 7.14 Å². The summed E-state index contributed by atoms with van der Waals surface area (Å²) in [5, 5.41) is 4.64. The van der Waals surface area contributed by atoms with E-state index in [2.05, 4.69) is 10.3 Å². The maximum Gasteiger partial charge on any atom is 0.416 e. The van der Waals surface area contributed by atoms with Gasteiger partial charge in [0.05, 0.1) is 16.8 Å². The van der Waals surface area contributed by atoms with Gasteiger partial charge < -0.3 is 19.4 Å². The second-order valence-corrected chi connectivity index (χ2v) is 10.8. The van der Waals surface area contributed by atoms with E-state index in [1.807, 2.05) is 0 Å². The van der Waals surface area contributed by atoms with Gasteiger partial charge in [0.15, 0.2) is 0 Å². The number of carbonyl (C=O) groups excluding carboxylic acids is 1. The third-order valence-corrected chi connectivity index (χ3v) is 6.62. The maximum absolute atomic E-state index is 13.0. The van der Waals surface area contributed by atoms with Crippen LogP contribution in [0.1, 0.15) is 15.9 Å². The molecule has 0 aliphatic carbocycles. The van der Waals surface area contributed by atoms with E-state index in [-0.39, 0.29) is 5.56 Å².